The fraction of sp³-hybridized carbons (Fsp3) is 0.357. The highest BCUT2D eigenvalue weighted by molar-refractivity contribution is 7.10. The van der Waals surface area contributed by atoms with Crippen molar-refractivity contribution in [2.75, 3.05) is 40.1 Å². The van der Waals surface area contributed by atoms with Gasteiger partial charge in [0, 0.05) is 37.2 Å². The van der Waals surface area contributed by atoms with Gasteiger partial charge in [-0.25, -0.2) is 0 Å². The van der Waals surface area contributed by atoms with Gasteiger partial charge in [0.1, 0.15) is 6.54 Å². The third-order valence-corrected chi connectivity index (χ3v) is 7.69. The van der Waals surface area contributed by atoms with E-state index in [0.29, 0.717) is 43.2 Å². The van der Waals surface area contributed by atoms with Crippen molar-refractivity contribution in [3.05, 3.63) is 81.0 Å². The van der Waals surface area contributed by atoms with Crippen LogP contribution in [0.1, 0.15) is 44.4 Å². The van der Waals surface area contributed by atoms with Crippen molar-refractivity contribution in [1.82, 2.24) is 9.80 Å². The second kappa shape index (κ2) is 10.7. The Balaban J connectivity index is 1.40. The quantitative estimate of drug-likeness (QED) is 0.423. The zero-order chi connectivity index (χ0) is 25.1. The molecule has 0 aliphatic carbocycles. The monoisotopic (exact) mass is 506 g/mol. The van der Waals surface area contributed by atoms with Crippen molar-refractivity contribution in [3.8, 4) is 11.5 Å². The highest BCUT2D eigenvalue weighted by atomic mass is 32.1. The number of hydrogen-bond donors (Lipinski definition) is 0. The van der Waals surface area contributed by atoms with Crippen LogP contribution in [0.15, 0.2) is 53.9 Å². The highest BCUT2D eigenvalue weighted by Gasteiger charge is 2.34. The molecule has 0 fully saturated rings. The largest absolute Gasteiger partial charge is 0.454 e. The lowest BCUT2D eigenvalue weighted by atomic mass is 9.92. The SMILES string of the molecule is COCCCN(CC(=O)N1CCc2sccc2C1c1ccc(C)cc1)C(=O)c1ccc2c(c1)OCO2. The minimum atomic E-state index is -0.210. The molecule has 5 rings (SSSR count). The van der Waals surface area contributed by atoms with Gasteiger partial charge in [-0.2, -0.15) is 0 Å². The lowest BCUT2D eigenvalue weighted by Gasteiger charge is -2.37. The third kappa shape index (κ3) is 4.96. The first-order valence-corrected chi connectivity index (χ1v) is 13.0. The molecule has 3 aromatic rings. The number of hydrogen-bond acceptors (Lipinski definition) is 6. The first kappa shape index (κ1) is 24.3. The summed E-state index contributed by atoms with van der Waals surface area (Å²) in [6, 6.07) is 15.5. The molecule has 1 atom stereocenters. The third-order valence-electron chi connectivity index (χ3n) is 6.69. The van der Waals surface area contributed by atoms with E-state index in [1.807, 2.05) is 4.90 Å². The van der Waals surface area contributed by atoms with Gasteiger partial charge in [0.2, 0.25) is 12.7 Å². The second-order valence-electron chi connectivity index (χ2n) is 9.09. The van der Waals surface area contributed by atoms with E-state index in [-0.39, 0.29) is 31.2 Å². The molecular formula is C28H30N2O5S. The van der Waals surface area contributed by atoms with Gasteiger partial charge >= 0.3 is 0 Å². The number of nitrogens with zero attached hydrogens (tertiary/aromatic N) is 2. The summed E-state index contributed by atoms with van der Waals surface area (Å²) >= 11 is 1.74. The molecule has 0 saturated heterocycles. The van der Waals surface area contributed by atoms with Gasteiger partial charge < -0.3 is 24.0 Å². The standard InChI is InChI=1S/C28H30N2O5S/c1-19-4-6-20(7-5-19)27-22-11-15-36-25(22)10-13-30(27)26(31)17-29(12-3-14-33-2)28(32)21-8-9-23-24(16-21)35-18-34-23/h4-9,11,15-16,27H,3,10,12-14,17-18H2,1-2H3. The van der Waals surface area contributed by atoms with Gasteiger partial charge in [0.15, 0.2) is 11.5 Å². The summed E-state index contributed by atoms with van der Waals surface area (Å²) in [6.07, 6.45) is 1.46. The smallest absolute Gasteiger partial charge is 0.254 e. The lowest BCUT2D eigenvalue weighted by molar-refractivity contribution is -0.134. The van der Waals surface area contributed by atoms with Crippen LogP contribution < -0.4 is 9.47 Å². The summed E-state index contributed by atoms with van der Waals surface area (Å²) in [4.78, 5) is 32.2. The number of thiophene rings is 1. The van der Waals surface area contributed by atoms with Gasteiger partial charge in [-0.05, 0) is 60.5 Å². The average Bonchev–Trinajstić information content (AvgIpc) is 3.56. The number of aryl methyl sites for hydroxylation is 1. The Labute approximate surface area is 215 Å². The molecule has 2 aliphatic heterocycles. The topological polar surface area (TPSA) is 68.3 Å². The zero-order valence-corrected chi connectivity index (χ0v) is 21.4. The molecule has 188 valence electrons. The van der Waals surface area contributed by atoms with Crippen LogP contribution in [0.5, 0.6) is 11.5 Å². The maximum atomic E-state index is 13.8. The van der Waals surface area contributed by atoms with Gasteiger partial charge in [-0.15, -0.1) is 11.3 Å². The fourth-order valence-corrected chi connectivity index (χ4v) is 5.72. The summed E-state index contributed by atoms with van der Waals surface area (Å²) in [7, 11) is 1.63. The Bertz CT molecular complexity index is 1240. The van der Waals surface area contributed by atoms with E-state index in [1.165, 1.54) is 16.0 Å². The Morgan fingerprint density at radius 2 is 1.92 bits per heavy atom. The fourth-order valence-electron chi connectivity index (χ4n) is 4.81. The van der Waals surface area contributed by atoms with E-state index in [0.717, 1.165) is 12.0 Å². The van der Waals surface area contributed by atoms with Crippen LogP contribution in [0, 0.1) is 6.92 Å². The predicted molar refractivity (Wildman–Crippen MR) is 138 cm³/mol. The molecular weight excluding hydrogens is 476 g/mol. The molecule has 1 unspecified atom stereocenters. The minimum Gasteiger partial charge on any atom is -0.454 e. The van der Waals surface area contributed by atoms with Crippen molar-refractivity contribution < 1.29 is 23.8 Å². The Morgan fingerprint density at radius 3 is 2.72 bits per heavy atom. The van der Waals surface area contributed by atoms with Crippen LogP contribution in [0.3, 0.4) is 0 Å². The van der Waals surface area contributed by atoms with E-state index in [2.05, 4.69) is 42.6 Å². The first-order valence-electron chi connectivity index (χ1n) is 12.2. The molecule has 0 bridgehead atoms. The Morgan fingerprint density at radius 1 is 1.11 bits per heavy atom. The van der Waals surface area contributed by atoms with Crippen LogP contribution in [0.2, 0.25) is 0 Å². The van der Waals surface area contributed by atoms with Crippen LogP contribution >= 0.6 is 11.3 Å². The van der Waals surface area contributed by atoms with Gasteiger partial charge in [-0.1, -0.05) is 29.8 Å². The molecule has 0 radical (unpaired) electrons. The average molecular weight is 507 g/mol. The van der Waals surface area contributed by atoms with Crippen molar-refractivity contribution >= 4 is 23.2 Å². The Kier molecular flexibility index (Phi) is 7.25. The summed E-state index contributed by atoms with van der Waals surface area (Å²) < 4.78 is 16.0. The molecule has 0 N–H and O–H groups in total. The van der Waals surface area contributed by atoms with Crippen LogP contribution in [-0.4, -0.2) is 61.8 Å². The van der Waals surface area contributed by atoms with Crippen molar-refractivity contribution in [1.29, 1.82) is 0 Å². The van der Waals surface area contributed by atoms with E-state index >= 15 is 0 Å². The number of fused-ring (bicyclic) bond motifs is 2. The number of methoxy groups -OCH3 is 1. The van der Waals surface area contributed by atoms with Gasteiger partial charge in [0.25, 0.3) is 5.91 Å². The molecule has 8 heteroatoms. The van der Waals surface area contributed by atoms with Crippen LogP contribution in [0.4, 0.5) is 0 Å². The molecule has 7 nitrogen and oxygen atoms in total. The number of carbonyl (C=O) groups is 2. The normalized spacial score (nSPS) is 16.1. The summed E-state index contributed by atoms with van der Waals surface area (Å²) in [5, 5.41) is 2.10. The number of benzene rings is 2. The van der Waals surface area contributed by atoms with Crippen LogP contribution in [0.25, 0.3) is 0 Å². The molecule has 0 saturated carbocycles. The van der Waals surface area contributed by atoms with Crippen LogP contribution in [-0.2, 0) is 16.0 Å². The number of ether oxygens (including phenoxy) is 3. The maximum absolute atomic E-state index is 13.8. The van der Waals surface area contributed by atoms with Crippen molar-refractivity contribution in [2.24, 2.45) is 0 Å². The zero-order valence-electron chi connectivity index (χ0n) is 20.6. The molecule has 2 aromatic carbocycles. The van der Waals surface area contributed by atoms with E-state index in [4.69, 9.17) is 14.2 Å². The Hall–Kier alpha value is -3.36. The highest BCUT2D eigenvalue weighted by Crippen LogP contribution is 2.38. The number of rotatable bonds is 8. The molecule has 3 heterocycles. The second-order valence-corrected chi connectivity index (χ2v) is 10.1. The lowest BCUT2D eigenvalue weighted by Crippen LogP contribution is -2.47. The van der Waals surface area contributed by atoms with E-state index in [1.54, 1.807) is 41.5 Å². The van der Waals surface area contributed by atoms with E-state index < -0.39 is 0 Å². The van der Waals surface area contributed by atoms with Crippen molar-refractivity contribution in [3.63, 3.8) is 0 Å². The first-order chi connectivity index (χ1) is 17.5. The maximum Gasteiger partial charge on any atom is 0.254 e. The molecule has 0 spiro atoms. The molecule has 1 aromatic heterocycles. The summed E-state index contributed by atoms with van der Waals surface area (Å²) in [5.41, 5.74) is 3.91. The summed E-state index contributed by atoms with van der Waals surface area (Å²) in [6.45, 7) is 3.74. The summed E-state index contributed by atoms with van der Waals surface area (Å²) in [5.74, 6) is 0.889. The van der Waals surface area contributed by atoms with Crippen molar-refractivity contribution in [2.45, 2.75) is 25.8 Å². The van der Waals surface area contributed by atoms with E-state index in [9.17, 15) is 9.59 Å². The predicted octanol–water partition coefficient (Wildman–Crippen LogP) is 4.44. The van der Waals surface area contributed by atoms with Gasteiger partial charge in [-0.3, -0.25) is 9.59 Å². The molecule has 2 amide bonds. The number of carbonyl (C=O) groups excluding carboxylic acids is 2. The number of amides is 2. The minimum absolute atomic E-state index is 0.00117. The molecule has 2 aliphatic rings. The molecule has 36 heavy (non-hydrogen) atoms. The van der Waals surface area contributed by atoms with Gasteiger partial charge in [0.05, 0.1) is 6.04 Å².